The van der Waals surface area contributed by atoms with Crippen molar-refractivity contribution >= 4 is 18.0 Å². The summed E-state index contributed by atoms with van der Waals surface area (Å²) in [5.74, 6) is -6.77. The molecule has 4 rings (SSSR count). The molecule has 0 saturated carbocycles. The molecule has 0 bridgehead atoms. The van der Waals surface area contributed by atoms with Gasteiger partial charge >= 0.3 is 12.1 Å². The Kier molecular flexibility index (Phi) is 6.78. The summed E-state index contributed by atoms with van der Waals surface area (Å²) >= 11 is 0. The van der Waals surface area contributed by atoms with Crippen molar-refractivity contribution in [3.05, 3.63) is 59.7 Å². The van der Waals surface area contributed by atoms with Gasteiger partial charge in [-0.1, -0.05) is 62.4 Å². The molecule has 2 atom stereocenters. The van der Waals surface area contributed by atoms with E-state index in [2.05, 4.69) is 5.32 Å². The minimum Gasteiger partial charge on any atom is -0.480 e. The number of benzene rings is 2. The summed E-state index contributed by atoms with van der Waals surface area (Å²) < 4.78 is 33.2. The number of nitrogens with one attached hydrogen (secondary N) is 1. The van der Waals surface area contributed by atoms with Crippen molar-refractivity contribution in [1.82, 2.24) is 10.2 Å². The first-order valence-corrected chi connectivity index (χ1v) is 11.6. The average Bonchev–Trinajstić information content (AvgIpc) is 3.32. The standard InChI is InChI=1S/C26H28F2N2O5/c1-15(2)20(23(31)30-14-26(27,28)11-22(30)24(32)33)12-29-25(34)35-13-21-18-9-5-3-7-16(18)17-8-4-6-10-19(17)21/h3-10,15,20-22H,11-14H2,1-2H3,(H,29,34)(H,32,33)/t20?,22-/m1/s1. The fraction of sp³-hybridized carbons (Fsp3) is 0.423. The van der Waals surface area contributed by atoms with Gasteiger partial charge in [0.25, 0.3) is 5.92 Å². The predicted molar refractivity (Wildman–Crippen MR) is 124 cm³/mol. The van der Waals surface area contributed by atoms with Crippen LogP contribution in [0.5, 0.6) is 0 Å². The van der Waals surface area contributed by atoms with Crippen LogP contribution in [0.4, 0.5) is 13.6 Å². The van der Waals surface area contributed by atoms with E-state index in [-0.39, 0.29) is 25.0 Å². The van der Waals surface area contributed by atoms with Crippen molar-refractivity contribution in [3.63, 3.8) is 0 Å². The SMILES string of the molecule is CC(C)C(CNC(=O)OCC1c2ccccc2-c2ccccc21)C(=O)N1CC(F)(F)C[C@@H]1C(=O)O. The third-order valence-corrected chi connectivity index (χ3v) is 6.77. The number of nitrogens with zero attached hydrogens (tertiary/aromatic N) is 1. The van der Waals surface area contributed by atoms with Crippen LogP contribution in [0.15, 0.2) is 48.5 Å². The Morgan fingerprint density at radius 3 is 2.20 bits per heavy atom. The minimum atomic E-state index is -3.26. The fourth-order valence-corrected chi connectivity index (χ4v) is 4.93. The van der Waals surface area contributed by atoms with Crippen molar-refractivity contribution in [3.8, 4) is 11.1 Å². The van der Waals surface area contributed by atoms with Gasteiger partial charge in [-0.3, -0.25) is 4.79 Å². The highest BCUT2D eigenvalue weighted by Crippen LogP contribution is 2.44. The molecular formula is C26H28F2N2O5. The number of carbonyl (C=O) groups is 3. The van der Waals surface area contributed by atoms with Crippen molar-refractivity contribution in [2.45, 2.75) is 38.2 Å². The average molecular weight is 487 g/mol. The van der Waals surface area contributed by atoms with Crippen molar-refractivity contribution < 1.29 is 33.0 Å². The highest BCUT2D eigenvalue weighted by molar-refractivity contribution is 5.86. The number of alkyl carbamates (subject to hydrolysis) is 1. The Morgan fingerprint density at radius 1 is 1.09 bits per heavy atom. The highest BCUT2D eigenvalue weighted by atomic mass is 19.3. The lowest BCUT2D eigenvalue weighted by Gasteiger charge is -2.28. The second-order valence-electron chi connectivity index (χ2n) is 9.44. The molecule has 35 heavy (non-hydrogen) atoms. The van der Waals surface area contributed by atoms with Crippen LogP contribution in [-0.2, 0) is 14.3 Å². The van der Waals surface area contributed by atoms with Gasteiger partial charge in [0.2, 0.25) is 5.91 Å². The van der Waals surface area contributed by atoms with Crippen molar-refractivity contribution in [2.75, 3.05) is 19.7 Å². The molecule has 2 amide bonds. The summed E-state index contributed by atoms with van der Waals surface area (Å²) in [4.78, 5) is 37.6. The van der Waals surface area contributed by atoms with Gasteiger partial charge in [0.1, 0.15) is 12.6 Å². The summed E-state index contributed by atoms with van der Waals surface area (Å²) in [6.45, 7) is 2.43. The molecule has 1 aliphatic heterocycles. The van der Waals surface area contributed by atoms with Gasteiger partial charge in [-0.05, 0) is 28.2 Å². The van der Waals surface area contributed by atoms with Crippen molar-refractivity contribution in [2.24, 2.45) is 11.8 Å². The Morgan fingerprint density at radius 2 is 1.66 bits per heavy atom. The zero-order valence-electron chi connectivity index (χ0n) is 19.5. The monoisotopic (exact) mass is 486 g/mol. The third-order valence-electron chi connectivity index (χ3n) is 6.77. The smallest absolute Gasteiger partial charge is 0.407 e. The van der Waals surface area contributed by atoms with E-state index < -0.39 is 48.8 Å². The molecule has 186 valence electrons. The molecule has 9 heteroatoms. The van der Waals surface area contributed by atoms with E-state index in [9.17, 15) is 28.3 Å². The van der Waals surface area contributed by atoms with E-state index in [1.54, 1.807) is 13.8 Å². The van der Waals surface area contributed by atoms with Gasteiger partial charge in [-0.2, -0.15) is 0 Å². The molecule has 1 heterocycles. The lowest BCUT2D eigenvalue weighted by atomic mass is 9.94. The van der Waals surface area contributed by atoms with Gasteiger partial charge in [0.05, 0.1) is 12.5 Å². The molecule has 2 aliphatic rings. The molecule has 2 aromatic rings. The number of carboxylic acids is 1. The van der Waals surface area contributed by atoms with Crippen LogP contribution in [0.2, 0.25) is 0 Å². The van der Waals surface area contributed by atoms with E-state index in [0.717, 1.165) is 22.3 Å². The third kappa shape index (κ3) is 4.99. The number of amides is 2. The molecule has 1 saturated heterocycles. The predicted octanol–water partition coefficient (Wildman–Crippen LogP) is 4.12. The molecule has 2 aromatic carbocycles. The Bertz CT molecular complexity index is 1090. The zero-order valence-corrected chi connectivity index (χ0v) is 19.5. The van der Waals surface area contributed by atoms with E-state index in [0.29, 0.717) is 4.90 Å². The maximum Gasteiger partial charge on any atom is 0.407 e. The fourth-order valence-electron chi connectivity index (χ4n) is 4.93. The zero-order chi connectivity index (χ0) is 25.3. The first-order chi connectivity index (χ1) is 16.6. The molecule has 0 aromatic heterocycles. The maximum absolute atomic E-state index is 13.9. The lowest BCUT2D eigenvalue weighted by molar-refractivity contribution is -0.150. The largest absolute Gasteiger partial charge is 0.480 e. The number of aliphatic carboxylic acids is 1. The van der Waals surface area contributed by atoms with Gasteiger partial charge < -0.3 is 20.1 Å². The summed E-state index contributed by atoms with van der Waals surface area (Å²) in [6.07, 6.45) is -1.65. The molecule has 0 radical (unpaired) electrons. The summed E-state index contributed by atoms with van der Waals surface area (Å²) in [5, 5.41) is 11.9. The normalized spacial score (nSPS) is 19.2. The van der Waals surface area contributed by atoms with Crippen molar-refractivity contribution in [1.29, 1.82) is 0 Å². The van der Waals surface area contributed by atoms with E-state index in [4.69, 9.17) is 4.74 Å². The van der Waals surface area contributed by atoms with Crippen LogP contribution in [-0.4, -0.2) is 59.6 Å². The Labute approximate surface area is 202 Å². The maximum atomic E-state index is 13.9. The number of rotatable bonds is 7. The van der Waals surface area contributed by atoms with E-state index in [1.165, 1.54) is 0 Å². The number of alkyl halides is 2. The van der Waals surface area contributed by atoms with Gasteiger partial charge in [0.15, 0.2) is 0 Å². The highest BCUT2D eigenvalue weighted by Gasteiger charge is 2.51. The number of likely N-dealkylation sites (tertiary alicyclic amines) is 1. The summed E-state index contributed by atoms with van der Waals surface area (Å²) in [6, 6.07) is 14.2. The van der Waals surface area contributed by atoms with Crippen LogP contribution in [0.25, 0.3) is 11.1 Å². The number of fused-ring (bicyclic) bond motifs is 3. The molecular weight excluding hydrogens is 458 g/mol. The molecule has 0 spiro atoms. The van der Waals surface area contributed by atoms with E-state index >= 15 is 0 Å². The topological polar surface area (TPSA) is 95.9 Å². The second kappa shape index (κ2) is 9.64. The van der Waals surface area contributed by atoms with Gasteiger partial charge in [0, 0.05) is 18.9 Å². The number of ether oxygens (including phenoxy) is 1. The molecule has 2 N–H and O–H groups in total. The van der Waals surface area contributed by atoms with E-state index in [1.807, 2.05) is 48.5 Å². The molecule has 1 aliphatic carbocycles. The number of hydrogen-bond donors (Lipinski definition) is 2. The van der Waals surface area contributed by atoms with Crippen LogP contribution in [0.1, 0.15) is 37.3 Å². The Hall–Kier alpha value is -3.49. The minimum absolute atomic E-state index is 0.0968. The second-order valence-corrected chi connectivity index (χ2v) is 9.44. The van der Waals surface area contributed by atoms with Gasteiger partial charge in [-0.15, -0.1) is 0 Å². The summed E-state index contributed by atoms with van der Waals surface area (Å²) in [7, 11) is 0. The van der Waals surface area contributed by atoms with Crippen LogP contribution in [0, 0.1) is 11.8 Å². The number of carboxylic acid groups (broad SMARTS) is 1. The quantitative estimate of drug-likeness (QED) is 0.614. The van der Waals surface area contributed by atoms with Crippen LogP contribution >= 0.6 is 0 Å². The van der Waals surface area contributed by atoms with Crippen LogP contribution in [0.3, 0.4) is 0 Å². The first kappa shape index (κ1) is 24.6. The number of hydrogen-bond acceptors (Lipinski definition) is 4. The molecule has 1 unspecified atom stereocenters. The van der Waals surface area contributed by atoms with Crippen LogP contribution < -0.4 is 5.32 Å². The number of carbonyl (C=O) groups excluding carboxylic acids is 2. The molecule has 1 fully saturated rings. The summed E-state index contributed by atoms with van der Waals surface area (Å²) in [5.41, 5.74) is 4.31. The Balaban J connectivity index is 1.39. The molecule has 7 nitrogen and oxygen atoms in total. The van der Waals surface area contributed by atoms with Gasteiger partial charge in [-0.25, -0.2) is 18.4 Å². The first-order valence-electron chi connectivity index (χ1n) is 11.6. The lowest BCUT2D eigenvalue weighted by Crippen LogP contribution is -2.48. The number of halogens is 2.